The van der Waals surface area contributed by atoms with Crippen molar-refractivity contribution in [2.75, 3.05) is 0 Å². The molecule has 0 amide bonds. The lowest BCUT2D eigenvalue weighted by Gasteiger charge is -2.12. The van der Waals surface area contributed by atoms with Gasteiger partial charge in [0.25, 0.3) is 0 Å². The lowest BCUT2D eigenvalue weighted by molar-refractivity contribution is 1.07. The molecule has 4 aromatic heterocycles. The maximum Gasteiger partial charge on any atom is 0.164 e. The molecule has 0 unspecified atom stereocenters. The fourth-order valence-electron chi connectivity index (χ4n) is 9.40. The Hall–Kier alpha value is -8.32. The molecule has 0 aliphatic carbocycles. The number of aromatic nitrogens is 5. The number of fused-ring (bicyclic) bond motifs is 9. The van der Waals surface area contributed by atoms with Gasteiger partial charge in [-0.15, -0.1) is 11.3 Å². The molecule has 0 aliphatic heterocycles. The molecule has 0 saturated carbocycles. The van der Waals surface area contributed by atoms with Gasteiger partial charge in [-0.1, -0.05) is 158 Å². The summed E-state index contributed by atoms with van der Waals surface area (Å²) in [5.74, 6) is 1.88. The van der Waals surface area contributed by atoms with Crippen LogP contribution in [0.3, 0.4) is 0 Å². The van der Waals surface area contributed by atoms with Gasteiger partial charge in [-0.3, -0.25) is 0 Å². The molecule has 298 valence electrons. The van der Waals surface area contributed by atoms with Crippen LogP contribution in [-0.4, -0.2) is 24.5 Å². The second kappa shape index (κ2) is 14.7. The fraction of sp³-hybridized carbons (Fsp3) is 0. The molecule has 13 rings (SSSR count). The summed E-state index contributed by atoms with van der Waals surface area (Å²) in [4.78, 5) is 20.6. The van der Waals surface area contributed by atoms with Crippen LogP contribution in [-0.2, 0) is 0 Å². The summed E-state index contributed by atoms with van der Waals surface area (Å²) < 4.78 is 4.79. The van der Waals surface area contributed by atoms with Crippen LogP contribution < -0.4 is 0 Å². The average Bonchev–Trinajstić information content (AvgIpc) is 3.93. The molecule has 0 N–H and O–H groups in total. The number of para-hydroxylation sites is 2. The van der Waals surface area contributed by atoms with Crippen LogP contribution in [0.2, 0.25) is 0 Å². The molecule has 0 aliphatic rings. The molecule has 13 aromatic rings. The Labute approximate surface area is 372 Å². The van der Waals surface area contributed by atoms with E-state index in [1.165, 1.54) is 52.8 Å². The van der Waals surface area contributed by atoms with E-state index in [1.54, 1.807) is 0 Å². The Morgan fingerprint density at radius 1 is 0.359 bits per heavy atom. The van der Waals surface area contributed by atoms with Crippen molar-refractivity contribution in [2.45, 2.75) is 0 Å². The predicted molar refractivity (Wildman–Crippen MR) is 267 cm³/mol. The average molecular weight is 834 g/mol. The normalized spacial score (nSPS) is 11.8. The van der Waals surface area contributed by atoms with Crippen molar-refractivity contribution in [3.8, 4) is 62.2 Å². The van der Waals surface area contributed by atoms with Gasteiger partial charge < -0.3 is 4.57 Å². The van der Waals surface area contributed by atoms with Crippen molar-refractivity contribution in [1.29, 1.82) is 0 Å². The highest BCUT2D eigenvalue weighted by atomic mass is 32.1. The van der Waals surface area contributed by atoms with Crippen molar-refractivity contribution in [3.63, 3.8) is 0 Å². The molecule has 9 aromatic carbocycles. The number of pyridine rings is 1. The largest absolute Gasteiger partial charge is 0.309 e. The van der Waals surface area contributed by atoms with E-state index >= 15 is 0 Å². The molecule has 0 bridgehead atoms. The molecule has 64 heavy (non-hydrogen) atoms. The Bertz CT molecular complexity index is 3890. The van der Waals surface area contributed by atoms with Gasteiger partial charge in [-0.05, 0) is 76.5 Å². The van der Waals surface area contributed by atoms with Crippen LogP contribution in [0.15, 0.2) is 212 Å². The third-order valence-corrected chi connectivity index (χ3v) is 13.6. The number of thiophene rings is 1. The minimum atomic E-state index is 0.622. The zero-order chi connectivity index (χ0) is 42.1. The van der Waals surface area contributed by atoms with E-state index in [9.17, 15) is 0 Å². The van der Waals surface area contributed by atoms with Gasteiger partial charge in [-0.25, -0.2) is 19.9 Å². The number of benzene rings is 9. The first-order valence-corrected chi connectivity index (χ1v) is 22.3. The Balaban J connectivity index is 0.894. The Morgan fingerprint density at radius 2 is 0.891 bits per heavy atom. The topological polar surface area (TPSA) is 56.5 Å². The maximum absolute atomic E-state index is 5.40. The van der Waals surface area contributed by atoms with Crippen molar-refractivity contribution >= 4 is 75.0 Å². The second-order valence-corrected chi connectivity index (χ2v) is 17.2. The van der Waals surface area contributed by atoms with Crippen LogP contribution in [0.4, 0.5) is 0 Å². The zero-order valence-corrected chi connectivity index (χ0v) is 35.2. The van der Waals surface area contributed by atoms with Gasteiger partial charge in [0.2, 0.25) is 0 Å². The lowest BCUT2D eigenvalue weighted by Crippen LogP contribution is -2.00. The molecule has 0 fully saturated rings. The third kappa shape index (κ3) is 5.92. The quantitative estimate of drug-likeness (QED) is 0.167. The zero-order valence-electron chi connectivity index (χ0n) is 34.4. The standard InChI is InChI=1S/C58H35N5S/c1-2-14-38(15-3-1)56-60-57(62-58(61-56)40-29-32-42(33-30-40)63-50-22-9-6-18-44(50)45-19-7-10-23-51(45)63)39-27-25-36(26-28-39)41-31-34-49-48(35-41)53-47-20-8-11-24-52(47)64-55(53)54(59-49)46-21-12-16-37-13-4-5-17-43(37)46/h1-35H. The number of nitrogens with zero attached hydrogens (tertiary/aromatic N) is 5. The van der Waals surface area contributed by atoms with E-state index < -0.39 is 0 Å². The smallest absolute Gasteiger partial charge is 0.164 e. The summed E-state index contributed by atoms with van der Waals surface area (Å²) >= 11 is 1.82. The van der Waals surface area contributed by atoms with Crippen molar-refractivity contribution < 1.29 is 0 Å². The Kier molecular flexibility index (Phi) is 8.32. The Morgan fingerprint density at radius 3 is 1.59 bits per heavy atom. The van der Waals surface area contributed by atoms with Crippen molar-refractivity contribution in [2.24, 2.45) is 0 Å². The van der Waals surface area contributed by atoms with Gasteiger partial charge >= 0.3 is 0 Å². The van der Waals surface area contributed by atoms with Gasteiger partial charge in [-0.2, -0.15) is 0 Å². The first kappa shape index (κ1) is 36.3. The van der Waals surface area contributed by atoms with Crippen molar-refractivity contribution in [3.05, 3.63) is 212 Å². The highest BCUT2D eigenvalue weighted by Crippen LogP contribution is 2.45. The molecule has 0 spiro atoms. The molecular formula is C58H35N5S. The highest BCUT2D eigenvalue weighted by molar-refractivity contribution is 7.26. The molecule has 5 nitrogen and oxygen atoms in total. The van der Waals surface area contributed by atoms with E-state index in [0.29, 0.717) is 17.5 Å². The molecule has 4 heterocycles. The molecule has 6 heteroatoms. The van der Waals surface area contributed by atoms with Crippen molar-refractivity contribution in [1.82, 2.24) is 24.5 Å². The minimum absolute atomic E-state index is 0.622. The van der Waals surface area contributed by atoms with Crippen LogP contribution in [0, 0.1) is 0 Å². The summed E-state index contributed by atoms with van der Waals surface area (Å²) in [7, 11) is 0. The SMILES string of the molecule is c1ccc(-c2nc(-c3ccc(-c4ccc5nc(-c6cccc7ccccc67)c6sc7ccccc7c6c5c4)cc3)nc(-c3ccc(-n4c5ccccc5c5ccccc54)cc3)n2)cc1. The number of hydrogen-bond acceptors (Lipinski definition) is 5. The van der Waals surface area contributed by atoms with Crippen LogP contribution in [0.5, 0.6) is 0 Å². The molecular weight excluding hydrogens is 799 g/mol. The second-order valence-electron chi connectivity index (χ2n) is 16.2. The first-order valence-electron chi connectivity index (χ1n) is 21.5. The van der Waals surface area contributed by atoms with Crippen LogP contribution in [0.1, 0.15) is 0 Å². The summed E-state index contributed by atoms with van der Waals surface area (Å²) in [6.45, 7) is 0. The first-order chi connectivity index (χ1) is 31.7. The van der Waals surface area contributed by atoms with Gasteiger partial charge in [0, 0.05) is 59.6 Å². The number of rotatable bonds is 6. The summed E-state index contributed by atoms with van der Waals surface area (Å²) in [5.41, 5.74) is 11.6. The monoisotopic (exact) mass is 833 g/mol. The molecule has 0 radical (unpaired) electrons. The summed E-state index contributed by atoms with van der Waals surface area (Å²) in [5, 5.41) is 8.55. The maximum atomic E-state index is 5.40. The predicted octanol–water partition coefficient (Wildman–Crippen LogP) is 15.4. The summed E-state index contributed by atoms with van der Waals surface area (Å²) in [6.07, 6.45) is 0. The van der Waals surface area contributed by atoms with Gasteiger partial charge in [0.15, 0.2) is 17.5 Å². The molecule has 0 atom stereocenters. The summed E-state index contributed by atoms with van der Waals surface area (Å²) in [6, 6.07) is 74.9. The highest BCUT2D eigenvalue weighted by Gasteiger charge is 2.19. The minimum Gasteiger partial charge on any atom is -0.309 e. The van der Waals surface area contributed by atoms with E-state index in [0.717, 1.165) is 55.7 Å². The molecule has 0 saturated heterocycles. The van der Waals surface area contributed by atoms with Gasteiger partial charge in [0.1, 0.15) is 0 Å². The van der Waals surface area contributed by atoms with E-state index in [4.69, 9.17) is 19.9 Å². The van der Waals surface area contributed by atoms with Crippen LogP contribution in [0.25, 0.3) is 126 Å². The number of hydrogen-bond donors (Lipinski definition) is 0. The van der Waals surface area contributed by atoms with E-state index in [1.807, 2.05) is 41.7 Å². The van der Waals surface area contributed by atoms with Crippen LogP contribution >= 0.6 is 11.3 Å². The third-order valence-electron chi connectivity index (χ3n) is 12.5. The van der Waals surface area contributed by atoms with E-state index in [2.05, 4.69) is 187 Å². The van der Waals surface area contributed by atoms with E-state index in [-0.39, 0.29) is 0 Å². The fourth-order valence-corrected chi connectivity index (χ4v) is 10.6. The van der Waals surface area contributed by atoms with Gasteiger partial charge in [0.05, 0.1) is 26.9 Å². The lowest BCUT2D eigenvalue weighted by atomic mass is 9.97.